The van der Waals surface area contributed by atoms with Crippen LogP contribution in [0.5, 0.6) is 0 Å². The van der Waals surface area contributed by atoms with Gasteiger partial charge in [0.1, 0.15) is 10.8 Å². The molecule has 0 heterocycles. The maximum Gasteiger partial charge on any atom is 0.262 e. The number of carbonyl (C=O) groups excluding carboxylic acids is 1. The molecule has 3 nitrogen and oxygen atoms in total. The molecule has 21 heavy (non-hydrogen) atoms. The van der Waals surface area contributed by atoms with Crippen LogP contribution in [0.2, 0.25) is 5.02 Å². The molecule has 0 fully saturated rings. The highest BCUT2D eigenvalue weighted by Crippen LogP contribution is 2.23. The number of amides is 1. The van der Waals surface area contributed by atoms with Gasteiger partial charge in [0.05, 0.1) is 10.6 Å². The summed E-state index contributed by atoms with van der Waals surface area (Å²) in [6, 6.07) is 10.9. The van der Waals surface area contributed by atoms with Crippen LogP contribution >= 0.6 is 23.8 Å². The van der Waals surface area contributed by atoms with Crippen LogP contribution in [0.4, 0.5) is 10.1 Å². The number of rotatable bonds is 3. The minimum Gasteiger partial charge on any atom is -0.389 e. The van der Waals surface area contributed by atoms with Gasteiger partial charge in [0.15, 0.2) is 0 Å². The monoisotopic (exact) mass is 322 g/mol. The topological polar surface area (TPSA) is 46.3 Å². The van der Waals surface area contributed by atoms with E-state index in [0.717, 1.165) is 0 Å². The average molecular weight is 323 g/mol. The highest BCUT2D eigenvalue weighted by atomic mass is 35.5. The molecule has 2 aromatic carbocycles. The Hall–Kier alpha value is -1.98. The number of carbonyl (C=O) groups is 1. The number of nitrogens with zero attached hydrogens (tertiary/aromatic N) is 1. The molecule has 2 N–H and O–H groups in total. The lowest BCUT2D eigenvalue weighted by Gasteiger charge is -2.19. The first kappa shape index (κ1) is 15.4. The molecule has 0 atom stereocenters. The fraction of sp³-hybridized carbons (Fsp3) is 0.0667. The predicted molar refractivity (Wildman–Crippen MR) is 86.5 cm³/mol. The normalized spacial score (nSPS) is 10.2. The number of anilines is 1. The van der Waals surface area contributed by atoms with E-state index in [9.17, 15) is 9.18 Å². The van der Waals surface area contributed by atoms with Crippen molar-refractivity contribution in [3.63, 3.8) is 0 Å². The van der Waals surface area contributed by atoms with Crippen molar-refractivity contribution in [2.45, 2.75) is 0 Å². The summed E-state index contributed by atoms with van der Waals surface area (Å²) in [7, 11) is 1.53. The van der Waals surface area contributed by atoms with E-state index >= 15 is 0 Å². The van der Waals surface area contributed by atoms with Gasteiger partial charge in [-0.05, 0) is 24.3 Å². The van der Waals surface area contributed by atoms with Gasteiger partial charge in [-0.15, -0.1) is 0 Å². The van der Waals surface area contributed by atoms with Crippen LogP contribution in [0.15, 0.2) is 42.5 Å². The van der Waals surface area contributed by atoms with Crippen molar-refractivity contribution in [1.82, 2.24) is 0 Å². The van der Waals surface area contributed by atoms with Crippen molar-refractivity contribution in [3.05, 3.63) is 64.4 Å². The molecule has 0 aliphatic heterocycles. The van der Waals surface area contributed by atoms with Gasteiger partial charge in [-0.1, -0.05) is 42.0 Å². The second-order valence-corrected chi connectivity index (χ2v) is 5.22. The zero-order valence-corrected chi connectivity index (χ0v) is 12.7. The summed E-state index contributed by atoms with van der Waals surface area (Å²) in [5, 5.41) is 0.0670. The molecular weight excluding hydrogens is 311 g/mol. The lowest BCUT2D eigenvalue weighted by atomic mass is 10.1. The van der Waals surface area contributed by atoms with E-state index in [-0.39, 0.29) is 15.6 Å². The lowest BCUT2D eigenvalue weighted by Crippen LogP contribution is -2.27. The van der Waals surface area contributed by atoms with E-state index in [0.29, 0.717) is 11.3 Å². The highest BCUT2D eigenvalue weighted by Gasteiger charge is 2.20. The van der Waals surface area contributed by atoms with Crippen molar-refractivity contribution < 1.29 is 9.18 Å². The van der Waals surface area contributed by atoms with Crippen LogP contribution in [0.25, 0.3) is 0 Å². The molecule has 1 amide bonds. The summed E-state index contributed by atoms with van der Waals surface area (Å²) in [5.41, 5.74) is 6.57. The summed E-state index contributed by atoms with van der Waals surface area (Å²) >= 11 is 10.8. The van der Waals surface area contributed by atoms with E-state index in [4.69, 9.17) is 29.6 Å². The predicted octanol–water partition coefficient (Wildman–Crippen LogP) is 3.39. The Balaban J connectivity index is 2.40. The molecule has 0 saturated carbocycles. The number of thiocarbonyl (C=S) groups is 1. The SMILES string of the molecule is CN(C(=O)c1c(F)cccc1Cl)c1cccc(C(N)=S)c1. The molecule has 0 radical (unpaired) electrons. The van der Waals surface area contributed by atoms with Crippen molar-refractivity contribution in [2.24, 2.45) is 5.73 Å². The van der Waals surface area contributed by atoms with Crippen LogP contribution < -0.4 is 10.6 Å². The third kappa shape index (κ3) is 3.20. The van der Waals surface area contributed by atoms with Crippen LogP contribution in [0.1, 0.15) is 15.9 Å². The standard InChI is InChI=1S/C15H12ClFN2OS/c1-19(10-5-2-4-9(8-10)14(18)21)15(20)13-11(16)6-3-7-12(13)17/h2-8H,1H3,(H2,18,21). The Kier molecular flexibility index (Phi) is 4.55. The number of halogens is 2. The molecule has 0 aliphatic carbocycles. The molecule has 0 aromatic heterocycles. The fourth-order valence-electron chi connectivity index (χ4n) is 1.85. The van der Waals surface area contributed by atoms with Gasteiger partial charge in [0, 0.05) is 18.3 Å². The van der Waals surface area contributed by atoms with Crippen molar-refractivity contribution in [2.75, 3.05) is 11.9 Å². The molecule has 108 valence electrons. The van der Waals surface area contributed by atoms with Gasteiger partial charge < -0.3 is 10.6 Å². The molecule has 0 bridgehead atoms. The Bertz CT molecular complexity index is 700. The third-order valence-electron chi connectivity index (χ3n) is 3.00. The number of benzene rings is 2. The smallest absolute Gasteiger partial charge is 0.262 e. The van der Waals surface area contributed by atoms with Crippen molar-refractivity contribution >= 4 is 40.4 Å². The second-order valence-electron chi connectivity index (χ2n) is 4.38. The number of nitrogens with two attached hydrogens (primary N) is 1. The zero-order valence-electron chi connectivity index (χ0n) is 11.1. The molecule has 2 aromatic rings. The van der Waals surface area contributed by atoms with Crippen molar-refractivity contribution in [3.8, 4) is 0 Å². The van der Waals surface area contributed by atoms with Crippen LogP contribution in [0.3, 0.4) is 0 Å². The summed E-state index contributed by atoms with van der Waals surface area (Å²) in [6.07, 6.45) is 0. The van der Waals surface area contributed by atoms with E-state index in [2.05, 4.69) is 0 Å². The summed E-state index contributed by atoms with van der Waals surface area (Å²) in [6.45, 7) is 0. The van der Waals surface area contributed by atoms with E-state index in [1.165, 1.54) is 30.1 Å². The lowest BCUT2D eigenvalue weighted by molar-refractivity contribution is 0.0989. The van der Waals surface area contributed by atoms with Gasteiger partial charge in [0.2, 0.25) is 0 Å². The maximum atomic E-state index is 13.8. The highest BCUT2D eigenvalue weighted by molar-refractivity contribution is 7.80. The van der Waals surface area contributed by atoms with Crippen molar-refractivity contribution in [1.29, 1.82) is 0 Å². The van der Waals surface area contributed by atoms with Crippen LogP contribution in [-0.4, -0.2) is 17.9 Å². The van der Waals surface area contributed by atoms with Gasteiger partial charge in [0.25, 0.3) is 5.91 Å². The Morgan fingerprint density at radius 3 is 2.57 bits per heavy atom. The molecule has 0 saturated heterocycles. The summed E-state index contributed by atoms with van der Waals surface area (Å²) in [5.74, 6) is -1.21. The summed E-state index contributed by atoms with van der Waals surface area (Å²) in [4.78, 5) is 13.9. The maximum absolute atomic E-state index is 13.8. The van der Waals surface area contributed by atoms with Crippen LogP contribution in [0, 0.1) is 5.82 Å². The quantitative estimate of drug-likeness (QED) is 0.881. The second kappa shape index (κ2) is 6.20. The van der Waals surface area contributed by atoms with Gasteiger partial charge >= 0.3 is 0 Å². The fourth-order valence-corrected chi connectivity index (χ4v) is 2.23. The largest absolute Gasteiger partial charge is 0.389 e. The molecule has 0 spiro atoms. The van der Waals surface area contributed by atoms with Gasteiger partial charge in [-0.3, -0.25) is 4.79 Å². The number of hydrogen-bond donors (Lipinski definition) is 1. The van der Waals surface area contributed by atoms with E-state index < -0.39 is 11.7 Å². The number of hydrogen-bond acceptors (Lipinski definition) is 2. The minimum atomic E-state index is -0.662. The van der Waals surface area contributed by atoms with E-state index in [1.54, 1.807) is 24.3 Å². The first-order valence-electron chi connectivity index (χ1n) is 6.03. The molecule has 0 aliphatic rings. The molecule has 2 rings (SSSR count). The van der Waals surface area contributed by atoms with E-state index in [1.807, 2.05) is 0 Å². The summed E-state index contributed by atoms with van der Waals surface area (Å²) < 4.78 is 13.8. The molecule has 0 unspecified atom stereocenters. The first-order valence-corrected chi connectivity index (χ1v) is 6.82. The van der Waals surface area contributed by atoms with Crippen LogP contribution in [-0.2, 0) is 0 Å². The van der Waals surface area contributed by atoms with Gasteiger partial charge in [-0.2, -0.15) is 0 Å². The molecular formula is C15H12ClFN2OS. The Morgan fingerprint density at radius 2 is 1.95 bits per heavy atom. The Labute approximate surface area is 132 Å². The third-order valence-corrected chi connectivity index (χ3v) is 3.55. The zero-order chi connectivity index (χ0) is 15.6. The first-order chi connectivity index (χ1) is 9.91. The average Bonchev–Trinajstić information content (AvgIpc) is 2.46. The minimum absolute atomic E-state index is 0.0670. The molecule has 6 heteroatoms. The van der Waals surface area contributed by atoms with Gasteiger partial charge in [-0.25, -0.2) is 4.39 Å². The Morgan fingerprint density at radius 1 is 1.29 bits per heavy atom.